The van der Waals surface area contributed by atoms with E-state index in [1.807, 2.05) is 43.3 Å². The Bertz CT molecular complexity index is 1020. The van der Waals surface area contributed by atoms with E-state index in [1.54, 1.807) is 24.3 Å². The maximum atomic E-state index is 11.0. The Labute approximate surface area is 188 Å². The number of nitrogens with one attached hydrogen (secondary N) is 1. The summed E-state index contributed by atoms with van der Waals surface area (Å²) in [5, 5.41) is 12.9. The second kappa shape index (κ2) is 10.4. The number of ether oxygens (including phenoxy) is 2. The highest BCUT2D eigenvalue weighted by Crippen LogP contribution is 2.37. The summed E-state index contributed by atoms with van der Waals surface area (Å²) < 4.78 is 12.6. The van der Waals surface area contributed by atoms with Gasteiger partial charge in [-0.2, -0.15) is 0 Å². The third-order valence-electron chi connectivity index (χ3n) is 4.27. The molecule has 0 radical (unpaired) electrons. The molecule has 0 aliphatic heterocycles. The molecule has 0 unspecified atom stereocenters. The molecule has 0 aliphatic carbocycles. The molecular formula is C23H21BrClNO4. The van der Waals surface area contributed by atoms with Crippen molar-refractivity contribution in [2.75, 3.05) is 11.9 Å². The summed E-state index contributed by atoms with van der Waals surface area (Å²) in [6.07, 6.45) is 0. The lowest BCUT2D eigenvalue weighted by Gasteiger charge is -2.16. The minimum absolute atomic E-state index is 0.253. The predicted octanol–water partition coefficient (Wildman–Crippen LogP) is 6.39. The third kappa shape index (κ3) is 5.90. The van der Waals surface area contributed by atoms with Crippen LogP contribution < -0.4 is 14.8 Å². The Morgan fingerprint density at radius 1 is 1.07 bits per heavy atom. The van der Waals surface area contributed by atoms with Crippen LogP contribution >= 0.6 is 27.5 Å². The van der Waals surface area contributed by atoms with Gasteiger partial charge in [-0.1, -0.05) is 23.7 Å². The van der Waals surface area contributed by atoms with Crippen LogP contribution in [0.2, 0.25) is 5.02 Å². The predicted molar refractivity (Wildman–Crippen MR) is 122 cm³/mol. The molecule has 3 aromatic carbocycles. The van der Waals surface area contributed by atoms with Crippen LogP contribution in [0.5, 0.6) is 11.5 Å². The minimum atomic E-state index is -0.944. The standard InChI is InChI=1S/C23H21BrClNO4/c1-2-29-21-12-16(13-26-19-8-6-17(7-9-19)23(27)28)11-20(24)22(21)30-14-15-4-3-5-18(25)10-15/h3-12,26H,2,13-14H2,1H3,(H,27,28). The highest BCUT2D eigenvalue weighted by atomic mass is 79.9. The number of anilines is 1. The van der Waals surface area contributed by atoms with E-state index in [9.17, 15) is 4.79 Å². The number of carboxylic acid groups (broad SMARTS) is 1. The summed E-state index contributed by atoms with van der Waals surface area (Å²) in [4.78, 5) is 11.0. The lowest BCUT2D eigenvalue weighted by Crippen LogP contribution is -2.04. The van der Waals surface area contributed by atoms with Crippen molar-refractivity contribution < 1.29 is 19.4 Å². The van der Waals surface area contributed by atoms with Gasteiger partial charge in [0.1, 0.15) is 6.61 Å². The van der Waals surface area contributed by atoms with Crippen LogP contribution in [0, 0.1) is 0 Å². The normalized spacial score (nSPS) is 10.5. The number of halogens is 2. The van der Waals surface area contributed by atoms with E-state index in [0.717, 1.165) is 21.3 Å². The second-order valence-corrected chi connectivity index (χ2v) is 7.78. The highest BCUT2D eigenvalue weighted by Gasteiger charge is 2.13. The van der Waals surface area contributed by atoms with Gasteiger partial charge in [0.05, 0.1) is 16.6 Å². The van der Waals surface area contributed by atoms with Gasteiger partial charge in [0.15, 0.2) is 11.5 Å². The van der Waals surface area contributed by atoms with Crippen molar-refractivity contribution in [1.29, 1.82) is 0 Å². The average Bonchev–Trinajstić information content (AvgIpc) is 2.72. The summed E-state index contributed by atoms with van der Waals surface area (Å²) in [6.45, 7) is 3.34. The monoisotopic (exact) mass is 489 g/mol. The number of carboxylic acids is 1. The molecule has 0 bridgehead atoms. The molecule has 0 saturated heterocycles. The molecule has 0 saturated carbocycles. The van der Waals surface area contributed by atoms with Gasteiger partial charge in [-0.25, -0.2) is 4.79 Å². The van der Waals surface area contributed by atoms with Gasteiger partial charge in [-0.15, -0.1) is 0 Å². The van der Waals surface area contributed by atoms with E-state index in [2.05, 4.69) is 21.2 Å². The molecule has 0 atom stereocenters. The van der Waals surface area contributed by atoms with Crippen LogP contribution in [0.1, 0.15) is 28.4 Å². The SMILES string of the molecule is CCOc1cc(CNc2ccc(C(=O)O)cc2)cc(Br)c1OCc1cccc(Cl)c1. The molecule has 2 N–H and O–H groups in total. The number of aromatic carboxylic acids is 1. The van der Waals surface area contributed by atoms with Gasteiger partial charge in [0, 0.05) is 17.3 Å². The fourth-order valence-electron chi connectivity index (χ4n) is 2.84. The molecule has 0 aromatic heterocycles. The maximum Gasteiger partial charge on any atom is 0.335 e. The van der Waals surface area contributed by atoms with Gasteiger partial charge < -0.3 is 19.9 Å². The van der Waals surface area contributed by atoms with E-state index in [0.29, 0.717) is 36.3 Å². The van der Waals surface area contributed by atoms with E-state index in [4.69, 9.17) is 26.2 Å². The first-order valence-corrected chi connectivity index (χ1v) is 10.5. The van der Waals surface area contributed by atoms with E-state index in [-0.39, 0.29) is 5.56 Å². The van der Waals surface area contributed by atoms with Crippen LogP contribution in [0.15, 0.2) is 65.1 Å². The lowest BCUT2D eigenvalue weighted by atomic mass is 10.1. The van der Waals surface area contributed by atoms with Crippen molar-refractivity contribution in [1.82, 2.24) is 0 Å². The molecular weight excluding hydrogens is 470 g/mol. The molecule has 3 aromatic rings. The minimum Gasteiger partial charge on any atom is -0.490 e. The number of rotatable bonds is 9. The average molecular weight is 491 g/mol. The highest BCUT2D eigenvalue weighted by molar-refractivity contribution is 9.10. The number of hydrogen-bond donors (Lipinski definition) is 2. The van der Waals surface area contributed by atoms with Crippen molar-refractivity contribution in [2.45, 2.75) is 20.1 Å². The Morgan fingerprint density at radius 3 is 2.50 bits per heavy atom. The Balaban J connectivity index is 1.72. The maximum absolute atomic E-state index is 11.0. The van der Waals surface area contributed by atoms with Crippen molar-refractivity contribution in [3.63, 3.8) is 0 Å². The van der Waals surface area contributed by atoms with Crippen molar-refractivity contribution in [2.24, 2.45) is 0 Å². The summed E-state index contributed by atoms with van der Waals surface area (Å²) in [7, 11) is 0. The van der Waals surface area contributed by atoms with E-state index < -0.39 is 5.97 Å². The lowest BCUT2D eigenvalue weighted by molar-refractivity contribution is 0.0697. The third-order valence-corrected chi connectivity index (χ3v) is 5.09. The van der Waals surface area contributed by atoms with Gasteiger partial charge in [-0.3, -0.25) is 0 Å². The van der Waals surface area contributed by atoms with Gasteiger partial charge in [-0.05, 0) is 82.5 Å². The van der Waals surface area contributed by atoms with Crippen LogP contribution in [0.3, 0.4) is 0 Å². The fraction of sp³-hybridized carbons (Fsp3) is 0.174. The first kappa shape index (κ1) is 22.0. The summed E-state index contributed by atoms with van der Waals surface area (Å²) >= 11 is 9.63. The van der Waals surface area contributed by atoms with Crippen LogP contribution in [-0.4, -0.2) is 17.7 Å². The molecule has 30 heavy (non-hydrogen) atoms. The molecule has 7 heteroatoms. The zero-order valence-electron chi connectivity index (χ0n) is 16.3. The fourth-order valence-corrected chi connectivity index (χ4v) is 3.66. The first-order valence-electron chi connectivity index (χ1n) is 9.36. The molecule has 0 heterocycles. The van der Waals surface area contributed by atoms with Crippen molar-refractivity contribution in [3.05, 3.63) is 86.8 Å². The molecule has 0 spiro atoms. The molecule has 0 fully saturated rings. The topological polar surface area (TPSA) is 67.8 Å². The summed E-state index contributed by atoms with van der Waals surface area (Å²) in [5.41, 5.74) is 3.04. The van der Waals surface area contributed by atoms with Gasteiger partial charge in [0.2, 0.25) is 0 Å². The van der Waals surface area contributed by atoms with E-state index in [1.165, 1.54) is 0 Å². The largest absolute Gasteiger partial charge is 0.490 e. The summed E-state index contributed by atoms with van der Waals surface area (Å²) in [6, 6.07) is 18.0. The molecule has 0 aliphatic rings. The zero-order chi connectivity index (χ0) is 21.5. The van der Waals surface area contributed by atoms with Crippen LogP contribution in [0.4, 0.5) is 5.69 Å². The molecule has 5 nitrogen and oxygen atoms in total. The molecule has 0 amide bonds. The van der Waals surface area contributed by atoms with Crippen LogP contribution in [-0.2, 0) is 13.2 Å². The first-order chi connectivity index (χ1) is 14.5. The smallest absolute Gasteiger partial charge is 0.335 e. The second-order valence-electron chi connectivity index (χ2n) is 6.49. The number of benzene rings is 3. The number of carbonyl (C=O) groups is 1. The molecule has 156 valence electrons. The van der Waals surface area contributed by atoms with Crippen molar-refractivity contribution in [3.8, 4) is 11.5 Å². The Hall–Kier alpha value is -2.70. The number of hydrogen-bond acceptors (Lipinski definition) is 4. The van der Waals surface area contributed by atoms with Crippen LogP contribution in [0.25, 0.3) is 0 Å². The quantitative estimate of drug-likeness (QED) is 0.364. The van der Waals surface area contributed by atoms with Gasteiger partial charge >= 0.3 is 5.97 Å². The van der Waals surface area contributed by atoms with Crippen molar-refractivity contribution >= 4 is 39.2 Å². The van der Waals surface area contributed by atoms with E-state index >= 15 is 0 Å². The summed E-state index contributed by atoms with van der Waals surface area (Å²) in [5.74, 6) is 0.332. The molecule has 3 rings (SSSR count). The Kier molecular flexibility index (Phi) is 7.60. The zero-order valence-corrected chi connectivity index (χ0v) is 18.7. The van der Waals surface area contributed by atoms with Gasteiger partial charge in [0.25, 0.3) is 0 Å². The Morgan fingerprint density at radius 2 is 1.83 bits per heavy atom.